The van der Waals surface area contributed by atoms with E-state index in [2.05, 4.69) is 46.6 Å². The number of ether oxygens (including phenoxy) is 1. The van der Waals surface area contributed by atoms with Crippen molar-refractivity contribution in [2.75, 3.05) is 45.3 Å². The summed E-state index contributed by atoms with van der Waals surface area (Å²) in [6, 6.07) is 18.7. The van der Waals surface area contributed by atoms with Gasteiger partial charge in [-0.05, 0) is 85.4 Å². The summed E-state index contributed by atoms with van der Waals surface area (Å²) in [5, 5.41) is 13.5. The molecule has 3 aromatic carbocycles. The molecule has 4 aromatic rings. The van der Waals surface area contributed by atoms with Crippen LogP contribution in [0.3, 0.4) is 0 Å². The van der Waals surface area contributed by atoms with Gasteiger partial charge < -0.3 is 24.5 Å². The van der Waals surface area contributed by atoms with Crippen molar-refractivity contribution in [2.24, 2.45) is 0 Å². The zero-order valence-corrected chi connectivity index (χ0v) is 24.0. The van der Waals surface area contributed by atoms with Gasteiger partial charge in [-0.2, -0.15) is 9.97 Å². The Morgan fingerprint density at radius 1 is 1.02 bits per heavy atom. The average Bonchev–Trinajstić information content (AvgIpc) is 3.52. The van der Waals surface area contributed by atoms with E-state index >= 15 is 0 Å². The summed E-state index contributed by atoms with van der Waals surface area (Å²) in [5.74, 6) is 1.07. The van der Waals surface area contributed by atoms with Crippen molar-refractivity contribution in [1.29, 1.82) is 0 Å². The average molecular weight is 569 g/mol. The van der Waals surface area contributed by atoms with Gasteiger partial charge in [0.1, 0.15) is 18.2 Å². The van der Waals surface area contributed by atoms with Gasteiger partial charge in [0, 0.05) is 36.6 Å². The van der Waals surface area contributed by atoms with Gasteiger partial charge >= 0.3 is 12.0 Å². The minimum Gasteiger partial charge on any atom is -0.508 e. The predicted molar refractivity (Wildman–Crippen MR) is 162 cm³/mol. The number of likely N-dealkylation sites (tertiary alicyclic amines) is 2. The number of nitrogens with zero attached hydrogens (tertiary/aromatic N) is 5. The number of likely N-dealkylation sites (N-methyl/N-ethyl adjacent to an activating group) is 1. The molecule has 0 aliphatic carbocycles. The zero-order chi connectivity index (χ0) is 28.8. The van der Waals surface area contributed by atoms with Crippen LogP contribution in [0.1, 0.15) is 25.7 Å². The van der Waals surface area contributed by atoms with Crippen LogP contribution < -0.4 is 15.1 Å². The Kier molecular flexibility index (Phi) is 6.95. The highest BCUT2D eigenvalue weighted by Gasteiger charge is 2.43. The molecule has 42 heavy (non-hydrogen) atoms. The molecule has 1 aromatic heterocycles. The number of piperazine rings is 1. The first-order valence-corrected chi connectivity index (χ1v) is 14.7. The number of urea groups is 1. The number of carbonyl (C=O) groups is 1. The monoisotopic (exact) mass is 568 g/mol. The fourth-order valence-electron chi connectivity index (χ4n) is 6.98. The summed E-state index contributed by atoms with van der Waals surface area (Å²) in [6.07, 6.45) is 4.22. The molecule has 4 heterocycles. The Labute approximate surface area is 244 Å². The second-order valence-electron chi connectivity index (χ2n) is 11.7. The Balaban J connectivity index is 1.30. The lowest BCUT2D eigenvalue weighted by molar-refractivity contribution is 0.0823. The Bertz CT molecular complexity index is 1630. The lowest BCUT2D eigenvalue weighted by Crippen LogP contribution is -2.57. The first-order valence-electron chi connectivity index (χ1n) is 14.7. The molecule has 3 atom stereocenters. The van der Waals surface area contributed by atoms with Crippen LogP contribution in [0, 0.1) is 0 Å². The van der Waals surface area contributed by atoms with Crippen LogP contribution in [-0.2, 0) is 4.84 Å². The number of anilines is 1. The van der Waals surface area contributed by atoms with Crippen molar-refractivity contribution in [3.63, 3.8) is 0 Å². The molecule has 2 unspecified atom stereocenters. The predicted octanol–water partition coefficient (Wildman–Crippen LogP) is 4.55. The quantitative estimate of drug-likeness (QED) is 0.327. The molecule has 0 radical (unpaired) electrons. The number of benzene rings is 3. The first-order chi connectivity index (χ1) is 20.5. The molecule has 7 rings (SSSR count). The van der Waals surface area contributed by atoms with Crippen LogP contribution >= 0.6 is 0 Å². The summed E-state index contributed by atoms with van der Waals surface area (Å²) in [5.41, 5.74) is 5.16. The van der Waals surface area contributed by atoms with E-state index in [-0.39, 0.29) is 23.9 Å². The highest BCUT2D eigenvalue weighted by Crippen LogP contribution is 2.40. The molecule has 3 aliphatic heterocycles. The van der Waals surface area contributed by atoms with E-state index in [1.165, 1.54) is 13.5 Å². The van der Waals surface area contributed by atoms with E-state index in [9.17, 15) is 9.90 Å². The number of aromatic nitrogens is 2. The van der Waals surface area contributed by atoms with Crippen LogP contribution in [0.4, 0.5) is 10.6 Å². The SMILES string of the molecule is CONC(=O)N1CC2CCC(C1)N2c1nc(OC[C@@H]2CCCN2C)nc2cc(-c3cc(O)cc4ccccc34)ccc12. The number of phenolic OH excluding ortho intramolecular Hbond substituents is 1. The number of amides is 2. The van der Waals surface area contributed by atoms with Gasteiger partial charge in [0.05, 0.1) is 12.6 Å². The second-order valence-corrected chi connectivity index (χ2v) is 11.7. The maximum absolute atomic E-state index is 12.6. The Morgan fingerprint density at radius 3 is 2.60 bits per heavy atom. The topological polar surface area (TPSA) is 103 Å². The molecule has 2 bridgehead atoms. The standard InChI is InChI=1S/C32H36N6O4/c1-36-13-5-7-24(36)19-42-31-33-29-15-21(28-16-25(39)14-20-6-3-4-8-26(20)28)9-12-27(29)30(34-31)38-22-10-11-23(38)18-37(17-22)32(40)35-41-2/h3-4,6,8-9,12,14-16,22-24,39H,5,7,10-11,13,17-19H2,1-2H3,(H,35,40)/t22?,23?,24-/m0/s1. The van der Waals surface area contributed by atoms with E-state index in [4.69, 9.17) is 19.5 Å². The smallest absolute Gasteiger partial charge is 0.341 e. The summed E-state index contributed by atoms with van der Waals surface area (Å²) in [6.45, 7) is 2.79. The van der Waals surface area contributed by atoms with E-state index < -0.39 is 0 Å². The molecular weight excluding hydrogens is 532 g/mol. The minimum absolute atomic E-state index is 0.132. The van der Waals surface area contributed by atoms with Crippen LogP contribution in [0.5, 0.6) is 11.8 Å². The van der Waals surface area contributed by atoms with Crippen molar-refractivity contribution in [3.05, 3.63) is 54.6 Å². The third kappa shape index (κ3) is 4.84. The summed E-state index contributed by atoms with van der Waals surface area (Å²) < 4.78 is 6.30. The fraction of sp³-hybridized carbons (Fsp3) is 0.406. The summed E-state index contributed by atoms with van der Waals surface area (Å²) in [7, 11) is 3.59. The third-order valence-corrected chi connectivity index (χ3v) is 9.09. The van der Waals surface area contributed by atoms with Crippen LogP contribution in [0.15, 0.2) is 54.6 Å². The van der Waals surface area contributed by atoms with Crippen LogP contribution in [0.25, 0.3) is 32.8 Å². The Hall–Kier alpha value is -4.15. The lowest BCUT2D eigenvalue weighted by Gasteiger charge is -2.41. The number of hydrogen-bond acceptors (Lipinski definition) is 8. The van der Waals surface area contributed by atoms with Crippen LogP contribution in [0.2, 0.25) is 0 Å². The van der Waals surface area contributed by atoms with E-state index in [0.29, 0.717) is 31.7 Å². The van der Waals surface area contributed by atoms with Crippen molar-refractivity contribution >= 4 is 33.5 Å². The number of nitrogens with one attached hydrogen (secondary N) is 1. The Morgan fingerprint density at radius 2 is 1.83 bits per heavy atom. The molecule has 0 spiro atoms. The van der Waals surface area contributed by atoms with Gasteiger partial charge in [-0.3, -0.25) is 4.84 Å². The molecule has 2 amide bonds. The number of hydroxylamine groups is 1. The largest absolute Gasteiger partial charge is 0.508 e. The normalized spacial score (nSPS) is 22.3. The third-order valence-electron chi connectivity index (χ3n) is 9.09. The van der Waals surface area contributed by atoms with E-state index in [1.807, 2.05) is 29.2 Å². The van der Waals surface area contributed by atoms with Crippen molar-refractivity contribution in [3.8, 4) is 22.9 Å². The van der Waals surface area contributed by atoms with E-state index in [1.54, 1.807) is 6.07 Å². The molecular formula is C32H36N6O4. The number of fused-ring (bicyclic) bond motifs is 4. The van der Waals surface area contributed by atoms with Crippen LogP contribution in [-0.4, -0.2) is 89.4 Å². The van der Waals surface area contributed by atoms with Gasteiger partial charge in [-0.15, -0.1) is 0 Å². The molecule has 3 fully saturated rings. The molecule has 3 aliphatic rings. The lowest BCUT2D eigenvalue weighted by atomic mass is 9.97. The first kappa shape index (κ1) is 26.7. The maximum Gasteiger partial charge on any atom is 0.341 e. The van der Waals surface area contributed by atoms with Crippen molar-refractivity contribution in [2.45, 2.75) is 43.8 Å². The fourth-order valence-corrected chi connectivity index (χ4v) is 6.98. The van der Waals surface area contributed by atoms with Crippen molar-refractivity contribution in [1.82, 2.24) is 25.2 Å². The molecule has 10 nitrogen and oxygen atoms in total. The number of hydrogen-bond donors (Lipinski definition) is 2. The van der Waals surface area contributed by atoms with Gasteiger partial charge in [0.25, 0.3) is 0 Å². The highest BCUT2D eigenvalue weighted by molar-refractivity contribution is 6.01. The van der Waals surface area contributed by atoms with Gasteiger partial charge in [0.2, 0.25) is 0 Å². The molecule has 3 saturated heterocycles. The molecule has 10 heteroatoms. The number of carbonyl (C=O) groups excluding carboxylic acids is 1. The summed E-state index contributed by atoms with van der Waals surface area (Å²) >= 11 is 0. The van der Waals surface area contributed by atoms with Gasteiger partial charge in [-0.1, -0.05) is 30.3 Å². The van der Waals surface area contributed by atoms with E-state index in [0.717, 1.165) is 64.4 Å². The second kappa shape index (κ2) is 10.9. The number of aromatic hydroxyl groups is 1. The van der Waals surface area contributed by atoms with Gasteiger partial charge in [0.15, 0.2) is 0 Å². The molecule has 0 saturated carbocycles. The van der Waals surface area contributed by atoms with Gasteiger partial charge in [-0.25, -0.2) is 10.3 Å². The maximum atomic E-state index is 12.6. The summed E-state index contributed by atoms with van der Waals surface area (Å²) in [4.78, 5) is 33.9. The number of phenols is 1. The highest BCUT2D eigenvalue weighted by atomic mass is 16.6. The zero-order valence-electron chi connectivity index (χ0n) is 24.0. The van der Waals surface area contributed by atoms with Crippen molar-refractivity contribution < 1.29 is 19.5 Å². The molecule has 2 N–H and O–H groups in total. The molecule has 218 valence electrons. The number of rotatable bonds is 6. The minimum atomic E-state index is -0.214.